The van der Waals surface area contributed by atoms with Gasteiger partial charge in [0.2, 0.25) is 5.91 Å². The summed E-state index contributed by atoms with van der Waals surface area (Å²) < 4.78 is 0. The Kier molecular flexibility index (Phi) is 4.76. The number of aliphatic hydroxyl groups is 1. The highest BCUT2D eigenvalue weighted by Crippen LogP contribution is 2.34. The van der Waals surface area contributed by atoms with Crippen LogP contribution < -0.4 is 5.73 Å². The van der Waals surface area contributed by atoms with E-state index in [1.54, 1.807) is 6.07 Å². The zero-order valence-electron chi connectivity index (χ0n) is 14.9. The third-order valence-electron chi connectivity index (χ3n) is 5.57. The van der Waals surface area contributed by atoms with Gasteiger partial charge in [0.05, 0.1) is 0 Å². The molecule has 2 heterocycles. The highest BCUT2D eigenvalue weighted by atomic mass is 16.3. The number of benzene rings is 2. The molecular weight excluding hydrogens is 326 g/mol. The summed E-state index contributed by atoms with van der Waals surface area (Å²) in [5.74, 6) is -0.477. The molecule has 2 aromatic rings. The monoisotopic (exact) mass is 351 g/mol. The standard InChI is InChI=1S/C21H25N3O2/c22-20(25)18-8-3-7-17-14-24(21(26)19(17)18)11-4-10-23-12-9-15-5-1-2-6-16(15)13-23/h1-3,5-8,21,26H,4,9-14H2,(H2,22,25). The fraction of sp³-hybridized carbons (Fsp3) is 0.381. The summed E-state index contributed by atoms with van der Waals surface area (Å²) in [5, 5.41) is 10.6. The maximum absolute atomic E-state index is 11.6. The van der Waals surface area contributed by atoms with Crippen LogP contribution in [0.1, 0.15) is 45.3 Å². The molecule has 136 valence electrons. The molecule has 4 rings (SSSR count). The van der Waals surface area contributed by atoms with Gasteiger partial charge in [0.25, 0.3) is 0 Å². The number of carbonyl (C=O) groups excluding carboxylic acids is 1. The average molecular weight is 351 g/mol. The van der Waals surface area contributed by atoms with Crippen LogP contribution in [0.3, 0.4) is 0 Å². The lowest BCUT2D eigenvalue weighted by Gasteiger charge is -2.29. The van der Waals surface area contributed by atoms with E-state index in [0.29, 0.717) is 17.7 Å². The Hall–Kier alpha value is -2.21. The number of amides is 1. The zero-order chi connectivity index (χ0) is 18.1. The number of hydrogen-bond donors (Lipinski definition) is 2. The molecule has 2 aliphatic heterocycles. The van der Waals surface area contributed by atoms with Gasteiger partial charge in [0, 0.05) is 37.3 Å². The lowest BCUT2D eigenvalue weighted by atomic mass is 10.00. The van der Waals surface area contributed by atoms with E-state index in [1.165, 1.54) is 11.1 Å². The summed E-state index contributed by atoms with van der Waals surface area (Å²) in [6.07, 6.45) is 1.35. The van der Waals surface area contributed by atoms with Crippen molar-refractivity contribution in [2.75, 3.05) is 19.6 Å². The van der Waals surface area contributed by atoms with Crippen LogP contribution in [0, 0.1) is 0 Å². The Morgan fingerprint density at radius 1 is 1.04 bits per heavy atom. The van der Waals surface area contributed by atoms with Gasteiger partial charge in [-0.1, -0.05) is 36.4 Å². The molecule has 0 saturated heterocycles. The first-order chi connectivity index (χ1) is 12.6. The van der Waals surface area contributed by atoms with Crippen LogP contribution in [0.25, 0.3) is 0 Å². The first kappa shape index (κ1) is 17.2. The van der Waals surface area contributed by atoms with E-state index >= 15 is 0 Å². The van der Waals surface area contributed by atoms with Crippen molar-refractivity contribution in [3.05, 3.63) is 70.3 Å². The van der Waals surface area contributed by atoms with E-state index < -0.39 is 12.1 Å². The SMILES string of the molecule is NC(=O)c1cccc2c1C(O)N(CCCN1CCc3ccccc3C1)C2. The minimum Gasteiger partial charge on any atom is -0.374 e. The van der Waals surface area contributed by atoms with Crippen molar-refractivity contribution in [1.29, 1.82) is 0 Å². The second kappa shape index (κ2) is 7.19. The number of rotatable bonds is 5. The van der Waals surface area contributed by atoms with Gasteiger partial charge in [-0.15, -0.1) is 0 Å². The molecule has 0 aromatic heterocycles. The van der Waals surface area contributed by atoms with Crippen LogP contribution in [-0.2, 0) is 19.5 Å². The normalized spacial score (nSPS) is 20.0. The number of nitrogens with two attached hydrogens (primary N) is 1. The van der Waals surface area contributed by atoms with Crippen molar-refractivity contribution in [3.8, 4) is 0 Å². The second-order valence-electron chi connectivity index (χ2n) is 7.24. The van der Waals surface area contributed by atoms with Crippen LogP contribution in [0.2, 0.25) is 0 Å². The number of aliphatic hydroxyl groups excluding tert-OH is 1. The Balaban J connectivity index is 1.34. The summed E-state index contributed by atoms with van der Waals surface area (Å²) >= 11 is 0. The van der Waals surface area contributed by atoms with Gasteiger partial charge in [-0.2, -0.15) is 0 Å². The van der Waals surface area contributed by atoms with Crippen molar-refractivity contribution in [1.82, 2.24) is 9.80 Å². The van der Waals surface area contributed by atoms with E-state index in [2.05, 4.69) is 29.2 Å². The molecule has 3 N–H and O–H groups in total. The van der Waals surface area contributed by atoms with Crippen LogP contribution in [0.5, 0.6) is 0 Å². The Morgan fingerprint density at radius 3 is 2.62 bits per heavy atom. The highest BCUT2D eigenvalue weighted by Gasteiger charge is 2.31. The Bertz CT molecular complexity index is 821. The smallest absolute Gasteiger partial charge is 0.249 e. The summed E-state index contributed by atoms with van der Waals surface area (Å²) in [7, 11) is 0. The molecular formula is C21H25N3O2. The van der Waals surface area contributed by atoms with Crippen LogP contribution >= 0.6 is 0 Å². The summed E-state index contributed by atoms with van der Waals surface area (Å²) in [6.45, 7) is 4.57. The molecule has 2 aromatic carbocycles. The van der Waals surface area contributed by atoms with Gasteiger partial charge in [-0.05, 0) is 42.1 Å². The summed E-state index contributed by atoms with van der Waals surface area (Å²) in [5.41, 5.74) is 10.5. The molecule has 26 heavy (non-hydrogen) atoms. The number of carbonyl (C=O) groups is 1. The third kappa shape index (κ3) is 3.26. The molecule has 0 radical (unpaired) electrons. The fourth-order valence-electron chi connectivity index (χ4n) is 4.20. The number of primary amides is 1. The van der Waals surface area contributed by atoms with Gasteiger partial charge < -0.3 is 10.8 Å². The lowest BCUT2D eigenvalue weighted by Crippen LogP contribution is -2.33. The van der Waals surface area contributed by atoms with Gasteiger partial charge in [0.15, 0.2) is 0 Å². The Labute approximate surface area is 154 Å². The largest absolute Gasteiger partial charge is 0.374 e. The van der Waals surface area contributed by atoms with Crippen molar-refractivity contribution in [2.45, 2.75) is 32.2 Å². The minimum absolute atomic E-state index is 0.435. The predicted octanol–water partition coefficient (Wildman–Crippen LogP) is 2.04. The molecule has 0 fully saturated rings. The Morgan fingerprint density at radius 2 is 1.81 bits per heavy atom. The molecule has 1 amide bonds. The van der Waals surface area contributed by atoms with Gasteiger partial charge in [-0.25, -0.2) is 0 Å². The molecule has 1 atom stereocenters. The summed E-state index contributed by atoms with van der Waals surface area (Å²) in [4.78, 5) is 16.1. The van der Waals surface area contributed by atoms with Crippen molar-refractivity contribution in [2.24, 2.45) is 5.73 Å². The van der Waals surface area contributed by atoms with Gasteiger partial charge in [-0.3, -0.25) is 14.6 Å². The van der Waals surface area contributed by atoms with Crippen LogP contribution in [-0.4, -0.2) is 40.4 Å². The van der Waals surface area contributed by atoms with Crippen molar-refractivity contribution >= 4 is 5.91 Å². The quantitative estimate of drug-likeness (QED) is 0.865. The van der Waals surface area contributed by atoms with E-state index in [9.17, 15) is 9.90 Å². The lowest BCUT2D eigenvalue weighted by molar-refractivity contribution is 0.0106. The van der Waals surface area contributed by atoms with E-state index in [4.69, 9.17) is 5.73 Å². The molecule has 5 nitrogen and oxygen atoms in total. The molecule has 0 saturated carbocycles. The first-order valence-electron chi connectivity index (χ1n) is 9.26. The second-order valence-corrected chi connectivity index (χ2v) is 7.24. The van der Waals surface area contributed by atoms with Gasteiger partial charge in [0.1, 0.15) is 6.23 Å². The molecule has 5 heteroatoms. The maximum Gasteiger partial charge on any atom is 0.249 e. The molecule has 2 aliphatic rings. The van der Waals surface area contributed by atoms with E-state index in [0.717, 1.165) is 44.6 Å². The number of hydrogen-bond acceptors (Lipinski definition) is 4. The molecule has 0 spiro atoms. The van der Waals surface area contributed by atoms with Crippen molar-refractivity contribution in [3.63, 3.8) is 0 Å². The number of fused-ring (bicyclic) bond motifs is 2. The zero-order valence-corrected chi connectivity index (χ0v) is 14.9. The fourth-order valence-corrected chi connectivity index (χ4v) is 4.20. The third-order valence-corrected chi connectivity index (χ3v) is 5.57. The first-order valence-corrected chi connectivity index (χ1v) is 9.26. The van der Waals surface area contributed by atoms with Crippen LogP contribution in [0.15, 0.2) is 42.5 Å². The topological polar surface area (TPSA) is 69.8 Å². The number of nitrogens with zero attached hydrogens (tertiary/aromatic N) is 2. The highest BCUT2D eigenvalue weighted by molar-refractivity contribution is 5.95. The van der Waals surface area contributed by atoms with E-state index in [1.807, 2.05) is 17.0 Å². The minimum atomic E-state index is -0.740. The maximum atomic E-state index is 11.6. The predicted molar refractivity (Wildman–Crippen MR) is 100 cm³/mol. The average Bonchev–Trinajstić information content (AvgIpc) is 2.97. The van der Waals surface area contributed by atoms with Crippen LogP contribution in [0.4, 0.5) is 0 Å². The van der Waals surface area contributed by atoms with E-state index in [-0.39, 0.29) is 0 Å². The van der Waals surface area contributed by atoms with Crippen molar-refractivity contribution < 1.29 is 9.90 Å². The van der Waals surface area contributed by atoms with Gasteiger partial charge >= 0.3 is 0 Å². The summed E-state index contributed by atoms with van der Waals surface area (Å²) in [6, 6.07) is 14.2. The molecule has 0 aliphatic carbocycles. The molecule has 0 bridgehead atoms. The molecule has 1 unspecified atom stereocenters.